The molecule has 1 heterocycles. The molecule has 8 heteroatoms. The summed E-state index contributed by atoms with van der Waals surface area (Å²) in [5.41, 5.74) is 1.54. The van der Waals surface area contributed by atoms with Crippen molar-refractivity contribution in [1.82, 2.24) is 4.98 Å². The van der Waals surface area contributed by atoms with Gasteiger partial charge in [-0.15, -0.1) is 0 Å². The monoisotopic (exact) mass is 428 g/mol. The standard InChI is InChI=1S/C22H24N2O5S/c1-5-27-16-9-15(10-17(12-16)28-6-2)20(25)24-22-23-18-8-7-14(11-19(18)30-22)21(26)29-13(3)4/h7-13H,5-6H2,1-4H3,(H,23,24,25). The smallest absolute Gasteiger partial charge is 0.338 e. The van der Waals surface area contributed by atoms with Gasteiger partial charge in [-0.2, -0.15) is 0 Å². The molecular formula is C22H24N2O5S. The van der Waals surface area contributed by atoms with Crippen LogP contribution in [0, 0.1) is 0 Å². The van der Waals surface area contributed by atoms with Crippen molar-refractivity contribution in [2.45, 2.75) is 33.8 Å². The minimum Gasteiger partial charge on any atom is -0.494 e. The van der Waals surface area contributed by atoms with Gasteiger partial charge < -0.3 is 14.2 Å². The van der Waals surface area contributed by atoms with Gasteiger partial charge in [0.25, 0.3) is 5.91 Å². The summed E-state index contributed by atoms with van der Waals surface area (Å²) in [6.07, 6.45) is -0.196. The molecule has 0 fully saturated rings. The van der Waals surface area contributed by atoms with Gasteiger partial charge in [-0.3, -0.25) is 10.1 Å². The highest BCUT2D eigenvalue weighted by Gasteiger charge is 2.15. The lowest BCUT2D eigenvalue weighted by molar-refractivity contribution is 0.0378. The molecule has 1 aromatic heterocycles. The number of esters is 1. The molecule has 0 aliphatic heterocycles. The summed E-state index contributed by atoms with van der Waals surface area (Å²) in [7, 11) is 0. The molecule has 0 aliphatic carbocycles. The zero-order chi connectivity index (χ0) is 21.7. The van der Waals surface area contributed by atoms with E-state index in [4.69, 9.17) is 14.2 Å². The van der Waals surface area contributed by atoms with Crippen molar-refractivity contribution in [3.05, 3.63) is 47.5 Å². The van der Waals surface area contributed by atoms with E-state index in [1.165, 1.54) is 11.3 Å². The van der Waals surface area contributed by atoms with E-state index in [0.29, 0.717) is 46.5 Å². The molecule has 0 atom stereocenters. The molecule has 0 aliphatic rings. The fourth-order valence-electron chi connectivity index (χ4n) is 2.76. The van der Waals surface area contributed by atoms with Gasteiger partial charge in [-0.1, -0.05) is 11.3 Å². The first kappa shape index (κ1) is 21.6. The molecule has 3 rings (SSSR count). The van der Waals surface area contributed by atoms with Crippen molar-refractivity contribution in [2.75, 3.05) is 18.5 Å². The van der Waals surface area contributed by atoms with Crippen molar-refractivity contribution >= 4 is 38.6 Å². The van der Waals surface area contributed by atoms with Gasteiger partial charge in [0.05, 0.1) is 35.1 Å². The minimum absolute atomic E-state index is 0.196. The molecule has 0 bridgehead atoms. The molecule has 0 spiro atoms. The first-order valence-corrected chi connectivity index (χ1v) is 10.5. The van der Waals surface area contributed by atoms with Gasteiger partial charge in [0.2, 0.25) is 0 Å². The second-order valence-electron chi connectivity index (χ2n) is 6.67. The second kappa shape index (κ2) is 9.58. The summed E-state index contributed by atoms with van der Waals surface area (Å²) in [6.45, 7) is 8.31. The Kier molecular flexibility index (Phi) is 6.89. The van der Waals surface area contributed by atoms with E-state index in [2.05, 4.69) is 10.3 Å². The molecule has 7 nitrogen and oxygen atoms in total. The molecule has 1 amide bonds. The SMILES string of the molecule is CCOc1cc(OCC)cc(C(=O)Nc2nc3ccc(C(=O)OC(C)C)cc3s2)c1. The van der Waals surface area contributed by atoms with Crippen molar-refractivity contribution in [1.29, 1.82) is 0 Å². The maximum Gasteiger partial charge on any atom is 0.338 e. The van der Waals surface area contributed by atoms with Gasteiger partial charge in [0.1, 0.15) is 11.5 Å². The Labute approximate surface area is 179 Å². The quantitative estimate of drug-likeness (QED) is 0.513. The first-order valence-electron chi connectivity index (χ1n) is 9.73. The van der Waals surface area contributed by atoms with Gasteiger partial charge >= 0.3 is 5.97 Å². The van der Waals surface area contributed by atoms with Gasteiger partial charge in [0, 0.05) is 11.6 Å². The largest absolute Gasteiger partial charge is 0.494 e. The Balaban J connectivity index is 1.81. The third-order valence-corrected chi connectivity index (χ3v) is 4.89. The highest BCUT2D eigenvalue weighted by Crippen LogP contribution is 2.29. The topological polar surface area (TPSA) is 86.8 Å². The van der Waals surface area contributed by atoms with Crippen molar-refractivity contribution < 1.29 is 23.8 Å². The third-order valence-electron chi connectivity index (χ3n) is 3.95. The number of ether oxygens (including phenoxy) is 3. The van der Waals surface area contributed by atoms with Crippen LogP contribution in [-0.4, -0.2) is 36.2 Å². The molecule has 0 saturated heterocycles. The molecule has 30 heavy (non-hydrogen) atoms. The normalized spacial score (nSPS) is 10.8. The van der Waals surface area contributed by atoms with E-state index >= 15 is 0 Å². The number of anilines is 1. The maximum atomic E-state index is 12.8. The van der Waals surface area contributed by atoms with Crippen LogP contribution in [0.15, 0.2) is 36.4 Å². The second-order valence-corrected chi connectivity index (χ2v) is 7.70. The summed E-state index contributed by atoms with van der Waals surface area (Å²) in [6, 6.07) is 10.2. The Hall–Kier alpha value is -3.13. The molecule has 158 valence electrons. The van der Waals surface area contributed by atoms with Crippen LogP contribution in [0.2, 0.25) is 0 Å². The fraction of sp³-hybridized carbons (Fsp3) is 0.318. The number of hydrogen-bond acceptors (Lipinski definition) is 7. The Morgan fingerprint density at radius 1 is 1.00 bits per heavy atom. The van der Waals surface area contributed by atoms with Crippen molar-refractivity contribution in [3.63, 3.8) is 0 Å². The lowest BCUT2D eigenvalue weighted by Crippen LogP contribution is -2.12. The predicted octanol–water partition coefficient (Wildman–Crippen LogP) is 4.91. The lowest BCUT2D eigenvalue weighted by Gasteiger charge is -2.10. The van der Waals surface area contributed by atoms with Crippen molar-refractivity contribution in [3.8, 4) is 11.5 Å². The highest BCUT2D eigenvalue weighted by molar-refractivity contribution is 7.22. The highest BCUT2D eigenvalue weighted by atomic mass is 32.1. The molecule has 1 N–H and O–H groups in total. The van der Waals surface area contributed by atoms with Gasteiger partial charge in [0.15, 0.2) is 5.13 Å². The van der Waals surface area contributed by atoms with Crippen LogP contribution in [0.3, 0.4) is 0 Å². The summed E-state index contributed by atoms with van der Waals surface area (Å²) in [4.78, 5) is 29.3. The molecule has 0 saturated carbocycles. The van der Waals surface area contributed by atoms with E-state index in [0.717, 1.165) is 4.70 Å². The number of fused-ring (bicyclic) bond motifs is 1. The predicted molar refractivity (Wildman–Crippen MR) is 117 cm³/mol. The Bertz CT molecular complexity index is 1040. The van der Waals surface area contributed by atoms with Crippen molar-refractivity contribution in [2.24, 2.45) is 0 Å². The van der Waals surface area contributed by atoms with Crippen LogP contribution >= 0.6 is 11.3 Å². The number of nitrogens with one attached hydrogen (secondary N) is 1. The Morgan fingerprint density at radius 2 is 1.67 bits per heavy atom. The van der Waals surface area contributed by atoms with E-state index in [1.807, 2.05) is 13.8 Å². The van der Waals surface area contributed by atoms with Gasteiger partial charge in [-0.05, 0) is 58.0 Å². The molecular weight excluding hydrogens is 404 g/mol. The Morgan fingerprint density at radius 3 is 2.27 bits per heavy atom. The number of aromatic nitrogens is 1. The fourth-order valence-corrected chi connectivity index (χ4v) is 3.66. The van der Waals surface area contributed by atoms with Crippen LogP contribution in [0.5, 0.6) is 11.5 Å². The number of hydrogen-bond donors (Lipinski definition) is 1. The van der Waals surface area contributed by atoms with Crippen LogP contribution in [0.25, 0.3) is 10.2 Å². The van der Waals surface area contributed by atoms with E-state index < -0.39 is 0 Å². The average molecular weight is 429 g/mol. The summed E-state index contributed by atoms with van der Waals surface area (Å²) < 4.78 is 17.1. The number of carbonyl (C=O) groups is 2. The van der Waals surface area contributed by atoms with Crippen LogP contribution in [0.1, 0.15) is 48.4 Å². The third kappa shape index (κ3) is 5.27. The van der Waals surface area contributed by atoms with Crippen LogP contribution in [0.4, 0.5) is 5.13 Å². The summed E-state index contributed by atoms with van der Waals surface area (Å²) in [5, 5.41) is 3.24. The zero-order valence-corrected chi connectivity index (χ0v) is 18.2. The van der Waals surface area contributed by atoms with E-state index in [1.54, 1.807) is 50.2 Å². The molecule has 2 aromatic carbocycles. The number of carbonyl (C=O) groups excluding carboxylic acids is 2. The maximum absolute atomic E-state index is 12.8. The number of thiazole rings is 1. The average Bonchev–Trinajstić information content (AvgIpc) is 3.09. The number of benzene rings is 2. The number of amides is 1. The van der Waals surface area contributed by atoms with E-state index in [-0.39, 0.29) is 18.0 Å². The minimum atomic E-state index is -0.387. The first-order chi connectivity index (χ1) is 14.4. The van der Waals surface area contributed by atoms with Crippen LogP contribution < -0.4 is 14.8 Å². The zero-order valence-electron chi connectivity index (χ0n) is 17.4. The van der Waals surface area contributed by atoms with E-state index in [9.17, 15) is 9.59 Å². The lowest BCUT2D eigenvalue weighted by atomic mass is 10.2. The van der Waals surface area contributed by atoms with Gasteiger partial charge in [-0.25, -0.2) is 9.78 Å². The molecule has 3 aromatic rings. The van der Waals surface area contributed by atoms with Crippen LogP contribution in [-0.2, 0) is 4.74 Å². The molecule has 0 unspecified atom stereocenters. The number of rotatable bonds is 8. The number of nitrogens with zero attached hydrogens (tertiary/aromatic N) is 1. The summed E-state index contributed by atoms with van der Waals surface area (Å²) >= 11 is 1.29. The molecule has 0 radical (unpaired) electrons. The summed E-state index contributed by atoms with van der Waals surface area (Å²) in [5.74, 6) is 0.412.